The molecule has 2 rings (SSSR count). The van der Waals surface area contributed by atoms with Crippen molar-refractivity contribution >= 4 is 23.2 Å². The van der Waals surface area contributed by atoms with Gasteiger partial charge in [-0.05, 0) is 29.7 Å². The van der Waals surface area contributed by atoms with Crippen molar-refractivity contribution in [3.63, 3.8) is 0 Å². The second-order valence-corrected chi connectivity index (χ2v) is 4.10. The Balaban J connectivity index is 2.34. The molecule has 0 aliphatic heterocycles. The molecule has 0 unspecified atom stereocenters. The molecule has 1 aromatic heterocycles. The summed E-state index contributed by atoms with van der Waals surface area (Å²) in [4.78, 5) is 7.71. The van der Waals surface area contributed by atoms with Gasteiger partial charge in [0.15, 0.2) is 0 Å². The van der Waals surface area contributed by atoms with E-state index in [0.717, 1.165) is 17.7 Å². The van der Waals surface area contributed by atoms with Gasteiger partial charge in [0, 0.05) is 0 Å². The molecule has 0 saturated carbocycles. The van der Waals surface area contributed by atoms with Crippen LogP contribution in [0.5, 0.6) is 11.6 Å². The van der Waals surface area contributed by atoms with E-state index in [2.05, 4.69) is 16.9 Å². The quantitative estimate of drug-likeness (QED) is 0.785. The number of aromatic nitrogens is 2. The van der Waals surface area contributed by atoms with E-state index in [1.54, 1.807) is 0 Å². The zero-order valence-corrected chi connectivity index (χ0v) is 10.7. The number of ether oxygens (including phenoxy) is 1. The van der Waals surface area contributed by atoms with Gasteiger partial charge in [0.1, 0.15) is 10.8 Å². The highest BCUT2D eigenvalue weighted by Gasteiger charge is 2.09. The number of aryl methyl sites for hydroxylation is 1. The Morgan fingerprint density at radius 1 is 1.24 bits per heavy atom. The lowest BCUT2D eigenvalue weighted by molar-refractivity contribution is 0.456. The Kier molecular flexibility index (Phi) is 3.82. The molecule has 0 radical (unpaired) electrons. The first-order valence-electron chi connectivity index (χ1n) is 5.14. The van der Waals surface area contributed by atoms with Crippen molar-refractivity contribution in [1.82, 2.24) is 9.97 Å². The van der Waals surface area contributed by atoms with Crippen molar-refractivity contribution in [3.8, 4) is 11.6 Å². The molecule has 1 heterocycles. The van der Waals surface area contributed by atoms with Gasteiger partial charge in [-0.3, -0.25) is 0 Å². The van der Waals surface area contributed by atoms with Crippen LogP contribution in [-0.2, 0) is 6.42 Å². The van der Waals surface area contributed by atoms with Gasteiger partial charge in [-0.15, -0.1) is 0 Å². The van der Waals surface area contributed by atoms with Gasteiger partial charge >= 0.3 is 0 Å². The molecular formula is C12H10Cl2N2O. The summed E-state index contributed by atoms with van der Waals surface area (Å²) in [6.07, 6.45) is 2.29. The average molecular weight is 269 g/mol. The fourth-order valence-electron chi connectivity index (χ4n) is 1.40. The summed E-state index contributed by atoms with van der Waals surface area (Å²) < 4.78 is 5.64. The van der Waals surface area contributed by atoms with Crippen molar-refractivity contribution in [2.45, 2.75) is 13.3 Å². The van der Waals surface area contributed by atoms with Crippen LogP contribution in [-0.4, -0.2) is 9.97 Å². The molecule has 0 aliphatic carbocycles. The Morgan fingerprint density at radius 2 is 2.00 bits per heavy atom. The molecule has 0 fully saturated rings. The van der Waals surface area contributed by atoms with Gasteiger partial charge in [-0.1, -0.05) is 36.7 Å². The van der Waals surface area contributed by atoms with E-state index < -0.39 is 0 Å². The summed E-state index contributed by atoms with van der Waals surface area (Å²) in [5.41, 5.74) is 1.08. The lowest BCUT2D eigenvalue weighted by Gasteiger charge is -2.09. The Hall–Kier alpha value is -1.32. The normalized spacial score (nSPS) is 10.3. The lowest BCUT2D eigenvalue weighted by Crippen LogP contribution is -1.94. The van der Waals surface area contributed by atoms with Crippen LogP contribution in [0.3, 0.4) is 0 Å². The molecule has 17 heavy (non-hydrogen) atoms. The number of hydrogen-bond acceptors (Lipinski definition) is 3. The van der Waals surface area contributed by atoms with Crippen LogP contribution in [0.25, 0.3) is 0 Å². The summed E-state index contributed by atoms with van der Waals surface area (Å²) in [5.74, 6) is 0.999. The van der Waals surface area contributed by atoms with Crippen LogP contribution in [0.4, 0.5) is 0 Å². The Labute approximate surface area is 109 Å². The Morgan fingerprint density at radius 3 is 2.76 bits per heavy atom. The summed E-state index contributed by atoms with van der Waals surface area (Å²) in [6, 6.07) is 7.71. The minimum absolute atomic E-state index is 0.110. The predicted octanol–water partition coefficient (Wildman–Crippen LogP) is 4.14. The number of benzene rings is 1. The monoisotopic (exact) mass is 268 g/mol. The predicted molar refractivity (Wildman–Crippen MR) is 67.9 cm³/mol. The van der Waals surface area contributed by atoms with E-state index in [-0.39, 0.29) is 11.2 Å². The maximum absolute atomic E-state index is 5.93. The second-order valence-electron chi connectivity index (χ2n) is 3.36. The standard InChI is InChI=1S/C12H10Cl2N2O/c1-2-8-5-3-4-6-10(8)17-11-9(13)7-15-12(14)16-11/h3-7H,2H2,1H3. The number of halogens is 2. The van der Waals surface area contributed by atoms with Crippen LogP contribution < -0.4 is 4.74 Å². The smallest absolute Gasteiger partial charge is 0.242 e. The zero-order valence-electron chi connectivity index (χ0n) is 9.15. The van der Waals surface area contributed by atoms with Crippen LogP contribution >= 0.6 is 23.2 Å². The zero-order chi connectivity index (χ0) is 12.3. The SMILES string of the molecule is CCc1ccccc1Oc1nc(Cl)ncc1Cl. The van der Waals surface area contributed by atoms with Crippen molar-refractivity contribution in [2.24, 2.45) is 0 Å². The minimum Gasteiger partial charge on any atom is -0.437 e. The summed E-state index contributed by atoms with van der Waals surface area (Å²) in [7, 11) is 0. The summed E-state index contributed by atoms with van der Waals surface area (Å²) in [6.45, 7) is 2.05. The highest BCUT2D eigenvalue weighted by molar-refractivity contribution is 6.32. The van der Waals surface area contributed by atoms with Crippen LogP contribution in [0, 0.1) is 0 Å². The van der Waals surface area contributed by atoms with Gasteiger partial charge in [0.2, 0.25) is 11.2 Å². The second kappa shape index (κ2) is 5.34. The molecule has 1 aromatic carbocycles. The summed E-state index contributed by atoms with van der Waals surface area (Å²) >= 11 is 11.6. The van der Waals surface area contributed by atoms with Gasteiger partial charge in [-0.2, -0.15) is 4.98 Å². The molecule has 0 atom stereocenters. The van der Waals surface area contributed by atoms with Crippen molar-refractivity contribution < 1.29 is 4.74 Å². The van der Waals surface area contributed by atoms with E-state index in [9.17, 15) is 0 Å². The van der Waals surface area contributed by atoms with E-state index in [1.165, 1.54) is 6.20 Å². The van der Waals surface area contributed by atoms with Crippen molar-refractivity contribution in [1.29, 1.82) is 0 Å². The van der Waals surface area contributed by atoms with Gasteiger partial charge in [-0.25, -0.2) is 4.98 Å². The van der Waals surface area contributed by atoms with Crippen molar-refractivity contribution in [3.05, 3.63) is 46.3 Å². The topological polar surface area (TPSA) is 35.0 Å². The molecule has 3 nitrogen and oxygen atoms in total. The molecule has 5 heteroatoms. The van der Waals surface area contributed by atoms with Crippen LogP contribution in [0.2, 0.25) is 10.3 Å². The first kappa shape index (κ1) is 12.1. The lowest BCUT2D eigenvalue weighted by atomic mass is 10.1. The first-order valence-corrected chi connectivity index (χ1v) is 5.90. The molecule has 0 N–H and O–H groups in total. The highest BCUT2D eigenvalue weighted by atomic mass is 35.5. The maximum Gasteiger partial charge on any atom is 0.242 e. The van der Waals surface area contributed by atoms with Crippen LogP contribution in [0.15, 0.2) is 30.5 Å². The van der Waals surface area contributed by atoms with Crippen LogP contribution in [0.1, 0.15) is 12.5 Å². The molecule has 0 saturated heterocycles. The molecule has 88 valence electrons. The minimum atomic E-state index is 0.110. The average Bonchev–Trinajstić information content (AvgIpc) is 2.34. The third-order valence-electron chi connectivity index (χ3n) is 2.24. The van der Waals surface area contributed by atoms with Gasteiger partial charge < -0.3 is 4.74 Å². The Bertz CT molecular complexity index is 532. The van der Waals surface area contributed by atoms with E-state index in [4.69, 9.17) is 27.9 Å². The summed E-state index contributed by atoms with van der Waals surface area (Å²) in [5, 5.41) is 0.443. The fourth-order valence-corrected chi connectivity index (χ4v) is 1.66. The van der Waals surface area contributed by atoms with E-state index in [1.807, 2.05) is 24.3 Å². The number of para-hydroxylation sites is 1. The van der Waals surface area contributed by atoms with E-state index in [0.29, 0.717) is 5.02 Å². The molecule has 0 amide bonds. The number of rotatable bonds is 3. The third-order valence-corrected chi connectivity index (χ3v) is 2.68. The van der Waals surface area contributed by atoms with Gasteiger partial charge in [0.25, 0.3) is 0 Å². The number of nitrogens with zero attached hydrogens (tertiary/aromatic N) is 2. The number of hydrogen-bond donors (Lipinski definition) is 0. The third kappa shape index (κ3) is 2.87. The molecule has 0 spiro atoms. The maximum atomic E-state index is 5.93. The molecular weight excluding hydrogens is 259 g/mol. The van der Waals surface area contributed by atoms with Gasteiger partial charge in [0.05, 0.1) is 6.20 Å². The van der Waals surface area contributed by atoms with E-state index >= 15 is 0 Å². The molecule has 2 aromatic rings. The fraction of sp³-hybridized carbons (Fsp3) is 0.167. The molecule has 0 aliphatic rings. The molecule has 0 bridgehead atoms. The largest absolute Gasteiger partial charge is 0.437 e. The first-order chi connectivity index (χ1) is 8.20. The van der Waals surface area contributed by atoms with Crippen molar-refractivity contribution in [2.75, 3.05) is 0 Å². The highest BCUT2D eigenvalue weighted by Crippen LogP contribution is 2.29.